The van der Waals surface area contributed by atoms with Gasteiger partial charge in [-0.25, -0.2) is 0 Å². The third-order valence-corrected chi connectivity index (χ3v) is 3.31. The number of halogens is 1. The molecule has 0 saturated carbocycles. The smallest absolute Gasteiger partial charge is 0.121 e. The van der Waals surface area contributed by atoms with E-state index < -0.39 is 0 Å². The maximum absolute atomic E-state index is 2.32. The summed E-state index contributed by atoms with van der Waals surface area (Å²) in [5, 5.41) is 0. The van der Waals surface area contributed by atoms with E-state index in [-0.39, 0.29) is 17.9 Å². The SMILES string of the molecule is CC1C=CC=CC1(C)[N+](C)(C)C.[Cl-]. The molecule has 76 valence electrons. The molecule has 1 aliphatic rings. The standard InChI is InChI=1S/C11H20N.ClH/c1-10-8-6-7-9-11(10,2)12(3,4)5;/h6-10H,1-5H3;1H/q+1;/p-1. The number of likely N-dealkylation sites (N-methyl/N-ethyl adjacent to an activating group) is 1. The fraction of sp³-hybridized carbons (Fsp3) is 0.636. The molecule has 0 aromatic carbocycles. The van der Waals surface area contributed by atoms with Gasteiger partial charge in [0.1, 0.15) is 5.54 Å². The molecule has 1 rings (SSSR count). The summed E-state index contributed by atoms with van der Waals surface area (Å²) in [7, 11) is 6.75. The van der Waals surface area contributed by atoms with Crippen LogP contribution < -0.4 is 12.4 Å². The second-order valence-electron chi connectivity index (χ2n) is 4.77. The van der Waals surface area contributed by atoms with Crippen LogP contribution in [0.5, 0.6) is 0 Å². The van der Waals surface area contributed by atoms with Gasteiger partial charge in [0.05, 0.1) is 21.1 Å². The van der Waals surface area contributed by atoms with Crippen molar-refractivity contribution in [2.24, 2.45) is 5.92 Å². The molecule has 0 N–H and O–H groups in total. The van der Waals surface area contributed by atoms with Crippen molar-refractivity contribution in [3.05, 3.63) is 24.3 Å². The van der Waals surface area contributed by atoms with Crippen molar-refractivity contribution in [2.75, 3.05) is 21.1 Å². The van der Waals surface area contributed by atoms with Crippen molar-refractivity contribution in [2.45, 2.75) is 19.4 Å². The molecular formula is C11H20ClN. The van der Waals surface area contributed by atoms with Gasteiger partial charge in [-0.3, -0.25) is 0 Å². The number of hydrogen-bond donors (Lipinski definition) is 0. The average molecular weight is 202 g/mol. The maximum atomic E-state index is 2.32. The van der Waals surface area contributed by atoms with Gasteiger partial charge in [0.15, 0.2) is 0 Å². The highest BCUT2D eigenvalue weighted by Gasteiger charge is 2.40. The molecular weight excluding hydrogens is 182 g/mol. The monoisotopic (exact) mass is 201 g/mol. The molecule has 2 atom stereocenters. The van der Waals surface area contributed by atoms with Crippen LogP contribution >= 0.6 is 0 Å². The zero-order valence-corrected chi connectivity index (χ0v) is 9.97. The molecule has 0 aromatic heterocycles. The summed E-state index contributed by atoms with van der Waals surface area (Å²) in [4.78, 5) is 0. The van der Waals surface area contributed by atoms with Gasteiger partial charge in [0.2, 0.25) is 0 Å². The number of hydrogen-bond acceptors (Lipinski definition) is 0. The minimum atomic E-state index is 0. The Morgan fingerprint density at radius 1 is 1.15 bits per heavy atom. The summed E-state index contributed by atoms with van der Waals surface area (Å²) in [6.07, 6.45) is 8.90. The fourth-order valence-corrected chi connectivity index (χ4v) is 1.66. The Balaban J connectivity index is 0.00000144. The topological polar surface area (TPSA) is 0 Å². The van der Waals surface area contributed by atoms with Crippen LogP contribution in [0.3, 0.4) is 0 Å². The summed E-state index contributed by atoms with van der Waals surface area (Å²) in [5.74, 6) is 0.613. The Labute approximate surface area is 88.1 Å². The van der Waals surface area contributed by atoms with E-state index in [1.165, 1.54) is 0 Å². The van der Waals surface area contributed by atoms with Crippen molar-refractivity contribution in [1.29, 1.82) is 0 Å². The minimum Gasteiger partial charge on any atom is -1.00 e. The van der Waals surface area contributed by atoms with Crippen molar-refractivity contribution in [3.8, 4) is 0 Å². The van der Waals surface area contributed by atoms with Gasteiger partial charge in [-0.15, -0.1) is 0 Å². The van der Waals surface area contributed by atoms with Crippen LogP contribution in [0.15, 0.2) is 24.3 Å². The van der Waals surface area contributed by atoms with Crippen molar-refractivity contribution in [1.82, 2.24) is 0 Å². The van der Waals surface area contributed by atoms with Crippen molar-refractivity contribution in [3.63, 3.8) is 0 Å². The highest BCUT2D eigenvalue weighted by atomic mass is 35.5. The molecule has 0 aromatic rings. The second kappa shape index (κ2) is 3.85. The fourth-order valence-electron chi connectivity index (χ4n) is 1.66. The highest BCUT2D eigenvalue weighted by Crippen LogP contribution is 2.32. The molecule has 2 unspecified atom stereocenters. The molecule has 0 bridgehead atoms. The van der Waals surface area contributed by atoms with Crippen molar-refractivity contribution >= 4 is 0 Å². The number of nitrogens with zero attached hydrogens (tertiary/aromatic N) is 1. The van der Waals surface area contributed by atoms with E-state index in [1.54, 1.807) is 0 Å². The largest absolute Gasteiger partial charge is 1.00 e. The summed E-state index contributed by atoms with van der Waals surface area (Å²) >= 11 is 0. The van der Waals surface area contributed by atoms with Gasteiger partial charge in [0, 0.05) is 5.92 Å². The summed E-state index contributed by atoms with van der Waals surface area (Å²) in [6, 6.07) is 0. The lowest BCUT2D eigenvalue weighted by Crippen LogP contribution is -3.00. The first-order chi connectivity index (χ1) is 5.38. The van der Waals surface area contributed by atoms with E-state index in [2.05, 4.69) is 59.3 Å². The Morgan fingerprint density at radius 2 is 1.69 bits per heavy atom. The van der Waals surface area contributed by atoms with E-state index >= 15 is 0 Å². The van der Waals surface area contributed by atoms with E-state index in [9.17, 15) is 0 Å². The minimum absolute atomic E-state index is 0. The van der Waals surface area contributed by atoms with Gasteiger partial charge in [-0.05, 0) is 13.0 Å². The van der Waals surface area contributed by atoms with Crippen molar-refractivity contribution < 1.29 is 16.9 Å². The van der Waals surface area contributed by atoms with Gasteiger partial charge in [-0.1, -0.05) is 25.2 Å². The molecule has 1 aliphatic carbocycles. The molecule has 0 aliphatic heterocycles. The molecule has 1 nitrogen and oxygen atoms in total. The zero-order chi connectivity index (χ0) is 9.41. The number of quaternary nitrogens is 1. The molecule has 0 heterocycles. The molecule has 0 radical (unpaired) electrons. The molecule has 13 heavy (non-hydrogen) atoms. The average Bonchev–Trinajstić information content (AvgIpc) is 1.93. The number of rotatable bonds is 1. The van der Waals surface area contributed by atoms with E-state index in [0.717, 1.165) is 4.48 Å². The van der Waals surface area contributed by atoms with E-state index in [4.69, 9.17) is 0 Å². The van der Waals surface area contributed by atoms with Gasteiger partial charge in [0.25, 0.3) is 0 Å². The van der Waals surface area contributed by atoms with E-state index in [0.29, 0.717) is 5.92 Å². The van der Waals surface area contributed by atoms with Crippen LogP contribution in [0, 0.1) is 5.92 Å². The Hall–Kier alpha value is -0.270. The molecule has 0 fully saturated rings. The predicted octanol–water partition coefficient (Wildman–Crippen LogP) is -0.783. The maximum Gasteiger partial charge on any atom is 0.121 e. The lowest BCUT2D eigenvalue weighted by molar-refractivity contribution is -0.917. The van der Waals surface area contributed by atoms with Gasteiger partial charge in [-0.2, -0.15) is 0 Å². The molecule has 0 spiro atoms. The summed E-state index contributed by atoms with van der Waals surface area (Å²) in [6.45, 7) is 4.60. The molecule has 0 saturated heterocycles. The van der Waals surface area contributed by atoms with Crippen LogP contribution in [-0.2, 0) is 0 Å². The second-order valence-corrected chi connectivity index (χ2v) is 4.77. The van der Waals surface area contributed by atoms with Crippen LogP contribution in [0.1, 0.15) is 13.8 Å². The molecule has 2 heteroatoms. The Bertz CT molecular complexity index is 225. The molecule has 0 amide bonds. The van der Waals surface area contributed by atoms with Gasteiger partial charge < -0.3 is 16.9 Å². The lowest BCUT2D eigenvalue weighted by Gasteiger charge is -2.46. The summed E-state index contributed by atoms with van der Waals surface area (Å²) in [5.41, 5.74) is 0.245. The first-order valence-corrected chi connectivity index (χ1v) is 4.55. The summed E-state index contributed by atoms with van der Waals surface area (Å²) < 4.78 is 0.981. The lowest BCUT2D eigenvalue weighted by atomic mass is 9.81. The van der Waals surface area contributed by atoms with Crippen LogP contribution in [-0.4, -0.2) is 31.2 Å². The normalized spacial score (nSPS) is 32.8. The Morgan fingerprint density at radius 3 is 2.00 bits per heavy atom. The highest BCUT2D eigenvalue weighted by molar-refractivity contribution is 5.19. The Kier molecular flexibility index (Phi) is 3.77. The third kappa shape index (κ3) is 2.15. The number of allylic oxidation sites excluding steroid dienone is 2. The van der Waals surface area contributed by atoms with Gasteiger partial charge >= 0.3 is 0 Å². The third-order valence-electron chi connectivity index (χ3n) is 3.31. The van der Waals surface area contributed by atoms with Crippen LogP contribution in [0.2, 0.25) is 0 Å². The predicted molar refractivity (Wildman–Crippen MR) is 53.9 cm³/mol. The zero-order valence-electron chi connectivity index (χ0n) is 9.21. The van der Waals surface area contributed by atoms with Crippen LogP contribution in [0.25, 0.3) is 0 Å². The quantitative estimate of drug-likeness (QED) is 0.489. The van der Waals surface area contributed by atoms with E-state index in [1.807, 2.05) is 0 Å². The van der Waals surface area contributed by atoms with Crippen LogP contribution in [0.4, 0.5) is 0 Å². The first-order valence-electron chi connectivity index (χ1n) is 4.55. The first kappa shape index (κ1) is 12.7.